The van der Waals surface area contributed by atoms with Gasteiger partial charge < -0.3 is 10.1 Å². The lowest BCUT2D eigenvalue weighted by Gasteiger charge is -2.11. The zero-order valence-corrected chi connectivity index (χ0v) is 19.4. The maximum Gasteiger partial charge on any atom is 0.270 e. The van der Waals surface area contributed by atoms with Crippen LogP contribution in [-0.2, 0) is 14.8 Å². The molecule has 0 saturated heterocycles. The van der Waals surface area contributed by atoms with Crippen molar-refractivity contribution in [1.29, 1.82) is 0 Å². The minimum Gasteiger partial charge on any atom is -0.495 e. The van der Waals surface area contributed by atoms with Gasteiger partial charge in [0.1, 0.15) is 5.75 Å². The summed E-state index contributed by atoms with van der Waals surface area (Å²) >= 11 is 0.932. The van der Waals surface area contributed by atoms with E-state index in [1.807, 2.05) is 0 Å². The number of aromatic nitrogens is 2. The Morgan fingerprint density at radius 2 is 1.85 bits per heavy atom. The summed E-state index contributed by atoms with van der Waals surface area (Å²) in [6, 6.07) is 18.3. The Hall–Kier alpha value is -3.90. The number of hydrogen-bond donors (Lipinski definition) is 1. The van der Waals surface area contributed by atoms with E-state index in [0.717, 1.165) is 21.8 Å². The SMILES string of the molecule is COc1ccccc1NC(=O)CSc1nc2ccccc2n1S(=O)(=O)c1cccc([N+](=O)[O-])c1. The van der Waals surface area contributed by atoms with E-state index in [4.69, 9.17) is 4.74 Å². The number of nitrogens with zero attached hydrogens (tertiary/aromatic N) is 3. The van der Waals surface area contributed by atoms with Crippen LogP contribution in [0.25, 0.3) is 11.0 Å². The van der Waals surface area contributed by atoms with Gasteiger partial charge in [-0.2, -0.15) is 0 Å². The van der Waals surface area contributed by atoms with Crippen LogP contribution in [0.3, 0.4) is 0 Å². The van der Waals surface area contributed by atoms with Gasteiger partial charge in [0, 0.05) is 12.1 Å². The van der Waals surface area contributed by atoms with Crippen molar-refractivity contribution in [3.05, 3.63) is 82.9 Å². The number of carbonyl (C=O) groups is 1. The summed E-state index contributed by atoms with van der Waals surface area (Å²) in [5.41, 5.74) is 0.829. The lowest BCUT2D eigenvalue weighted by atomic mass is 10.3. The highest BCUT2D eigenvalue weighted by Crippen LogP contribution is 2.30. The number of rotatable bonds is 8. The van der Waals surface area contributed by atoms with Gasteiger partial charge >= 0.3 is 0 Å². The normalized spacial score (nSPS) is 11.3. The summed E-state index contributed by atoms with van der Waals surface area (Å²) in [6.45, 7) is 0. The molecular formula is C22H18N4O6S2. The first kappa shape index (κ1) is 23.3. The Bertz CT molecular complexity index is 1500. The molecule has 1 aromatic heterocycles. The molecule has 10 nitrogen and oxygen atoms in total. The Labute approximate surface area is 198 Å². The predicted molar refractivity (Wildman–Crippen MR) is 128 cm³/mol. The van der Waals surface area contributed by atoms with Gasteiger partial charge in [-0.15, -0.1) is 0 Å². The van der Waals surface area contributed by atoms with Crippen LogP contribution in [0.4, 0.5) is 11.4 Å². The van der Waals surface area contributed by atoms with Crippen LogP contribution < -0.4 is 10.1 Å². The van der Waals surface area contributed by atoms with Crippen LogP contribution in [0, 0.1) is 10.1 Å². The molecule has 0 radical (unpaired) electrons. The average molecular weight is 499 g/mol. The summed E-state index contributed by atoms with van der Waals surface area (Å²) in [5, 5.41) is 13.9. The minimum atomic E-state index is -4.25. The number of benzene rings is 3. The summed E-state index contributed by atoms with van der Waals surface area (Å²) < 4.78 is 33.2. The van der Waals surface area contributed by atoms with Crippen molar-refractivity contribution in [2.75, 3.05) is 18.2 Å². The Morgan fingerprint density at radius 1 is 1.12 bits per heavy atom. The number of para-hydroxylation sites is 4. The van der Waals surface area contributed by atoms with Crippen LogP contribution in [0.5, 0.6) is 5.75 Å². The summed E-state index contributed by atoms with van der Waals surface area (Å²) in [7, 11) is -2.76. The first-order chi connectivity index (χ1) is 16.3. The molecule has 0 aliphatic carbocycles. The predicted octanol–water partition coefficient (Wildman–Crippen LogP) is 3.92. The second kappa shape index (κ2) is 9.53. The minimum absolute atomic E-state index is 0.0582. The summed E-state index contributed by atoms with van der Waals surface area (Å²) in [6.07, 6.45) is 0. The molecule has 4 rings (SSSR count). The van der Waals surface area contributed by atoms with E-state index >= 15 is 0 Å². The molecule has 1 heterocycles. The number of imidazole rings is 1. The molecule has 4 aromatic rings. The number of nitrogens with one attached hydrogen (secondary N) is 1. The largest absolute Gasteiger partial charge is 0.495 e. The monoisotopic (exact) mass is 498 g/mol. The van der Waals surface area contributed by atoms with E-state index in [1.165, 1.54) is 25.3 Å². The third-order valence-electron chi connectivity index (χ3n) is 4.77. The Kier molecular flexibility index (Phi) is 6.52. The molecule has 0 bridgehead atoms. The highest BCUT2D eigenvalue weighted by atomic mass is 32.2. The van der Waals surface area contributed by atoms with E-state index in [9.17, 15) is 23.3 Å². The first-order valence-electron chi connectivity index (χ1n) is 9.84. The fourth-order valence-electron chi connectivity index (χ4n) is 3.23. The third-order valence-corrected chi connectivity index (χ3v) is 7.52. The molecule has 174 valence electrons. The standard InChI is InChI=1S/C22H18N4O6S2/c1-32-20-12-5-3-10-18(20)23-21(27)14-33-22-24-17-9-2-4-11-19(17)25(22)34(30,31)16-8-6-7-15(13-16)26(28)29/h2-13H,14H2,1H3,(H,23,27). The molecule has 0 aliphatic heterocycles. The van der Waals surface area contributed by atoms with Gasteiger partial charge in [-0.25, -0.2) is 17.4 Å². The summed E-state index contributed by atoms with van der Waals surface area (Å²) in [5.74, 6) is -0.0339. The highest BCUT2D eigenvalue weighted by Gasteiger charge is 2.26. The van der Waals surface area contributed by atoms with Gasteiger partial charge in [-0.1, -0.05) is 42.1 Å². The number of nitro groups is 1. The number of thioether (sulfide) groups is 1. The van der Waals surface area contributed by atoms with E-state index in [-0.39, 0.29) is 27.4 Å². The van der Waals surface area contributed by atoms with Crippen LogP contribution >= 0.6 is 11.8 Å². The zero-order valence-electron chi connectivity index (χ0n) is 17.7. The average Bonchev–Trinajstić information content (AvgIpc) is 3.22. The fourth-order valence-corrected chi connectivity index (χ4v) is 5.79. The lowest BCUT2D eigenvalue weighted by molar-refractivity contribution is -0.385. The molecule has 0 unspecified atom stereocenters. The molecule has 0 spiro atoms. The van der Waals surface area contributed by atoms with Crippen molar-refractivity contribution in [2.45, 2.75) is 10.1 Å². The number of nitro benzene ring substituents is 1. The molecule has 12 heteroatoms. The number of ether oxygens (including phenoxy) is 1. The third kappa shape index (κ3) is 4.58. The molecule has 3 aromatic carbocycles. The molecule has 1 N–H and O–H groups in total. The van der Waals surface area contributed by atoms with Gasteiger partial charge in [-0.05, 0) is 30.3 Å². The number of amides is 1. The van der Waals surface area contributed by atoms with Crippen molar-refractivity contribution in [1.82, 2.24) is 8.96 Å². The first-order valence-corrected chi connectivity index (χ1v) is 12.3. The van der Waals surface area contributed by atoms with Crippen LogP contribution in [0.15, 0.2) is 82.8 Å². The van der Waals surface area contributed by atoms with Gasteiger partial charge in [0.25, 0.3) is 15.7 Å². The van der Waals surface area contributed by atoms with E-state index < -0.39 is 14.9 Å². The highest BCUT2D eigenvalue weighted by molar-refractivity contribution is 8.00. The van der Waals surface area contributed by atoms with Crippen molar-refractivity contribution in [3.63, 3.8) is 0 Å². The van der Waals surface area contributed by atoms with E-state index in [1.54, 1.807) is 48.5 Å². The summed E-state index contributed by atoms with van der Waals surface area (Å²) in [4.78, 5) is 27.2. The number of fused-ring (bicyclic) bond motifs is 1. The Morgan fingerprint density at radius 3 is 2.62 bits per heavy atom. The number of non-ortho nitro benzene ring substituents is 1. The molecule has 34 heavy (non-hydrogen) atoms. The van der Waals surface area contributed by atoms with Gasteiger partial charge in [0.05, 0.1) is 39.4 Å². The number of anilines is 1. The van der Waals surface area contributed by atoms with E-state index in [0.29, 0.717) is 22.5 Å². The van der Waals surface area contributed by atoms with Crippen molar-refractivity contribution in [2.24, 2.45) is 0 Å². The molecule has 0 aliphatic rings. The topological polar surface area (TPSA) is 133 Å². The maximum atomic E-state index is 13.5. The Balaban J connectivity index is 1.67. The molecule has 0 fully saturated rings. The van der Waals surface area contributed by atoms with Gasteiger partial charge in [-0.3, -0.25) is 14.9 Å². The van der Waals surface area contributed by atoms with Crippen molar-refractivity contribution in [3.8, 4) is 5.75 Å². The van der Waals surface area contributed by atoms with Gasteiger partial charge in [0.2, 0.25) is 5.91 Å². The second-order valence-corrected chi connectivity index (χ2v) is 9.67. The molecular weight excluding hydrogens is 480 g/mol. The van der Waals surface area contributed by atoms with Crippen LogP contribution in [0.2, 0.25) is 0 Å². The quantitative estimate of drug-likeness (QED) is 0.219. The van der Waals surface area contributed by atoms with Crippen molar-refractivity contribution >= 4 is 50.1 Å². The lowest BCUT2D eigenvalue weighted by Crippen LogP contribution is -2.17. The number of carbonyl (C=O) groups excluding carboxylic acids is 1. The molecule has 0 saturated carbocycles. The van der Waals surface area contributed by atoms with Crippen LogP contribution in [0.1, 0.15) is 0 Å². The van der Waals surface area contributed by atoms with Crippen LogP contribution in [-0.4, -0.2) is 41.1 Å². The van der Waals surface area contributed by atoms with E-state index in [2.05, 4.69) is 10.3 Å². The van der Waals surface area contributed by atoms with Crippen molar-refractivity contribution < 1.29 is 22.9 Å². The second-order valence-electron chi connectivity index (χ2n) is 6.94. The fraction of sp³-hybridized carbons (Fsp3) is 0.0909. The van der Waals surface area contributed by atoms with Gasteiger partial charge in [0.15, 0.2) is 5.16 Å². The smallest absolute Gasteiger partial charge is 0.270 e. The number of hydrogen-bond acceptors (Lipinski definition) is 8. The number of methoxy groups -OCH3 is 1. The maximum absolute atomic E-state index is 13.5. The zero-order chi connectivity index (χ0) is 24.3. The molecule has 0 atom stereocenters. The molecule has 1 amide bonds.